The number of thiazole rings is 1. The largest absolute Gasteiger partial charge is 0.492 e. The van der Waals surface area contributed by atoms with Crippen molar-refractivity contribution in [2.45, 2.75) is 38.2 Å². The Morgan fingerprint density at radius 3 is 2.71 bits per heavy atom. The molecule has 0 radical (unpaired) electrons. The van der Waals surface area contributed by atoms with Crippen molar-refractivity contribution in [1.82, 2.24) is 4.98 Å². The molecule has 3 rings (SSSR count). The van der Waals surface area contributed by atoms with Crippen molar-refractivity contribution in [2.24, 2.45) is 11.8 Å². The second-order valence-corrected chi connectivity index (χ2v) is 6.25. The molecule has 2 saturated carbocycles. The average molecular weight is 260 g/mol. The third kappa shape index (κ3) is 1.78. The summed E-state index contributed by atoms with van der Waals surface area (Å²) in [6.07, 6.45) is 1.11. The van der Waals surface area contributed by atoms with E-state index >= 15 is 0 Å². The maximum absolute atomic E-state index is 13.3. The number of aromatic hydroxyl groups is 1. The molecule has 2 bridgehead atoms. The molecule has 94 valence electrons. The van der Waals surface area contributed by atoms with Crippen LogP contribution < -0.4 is 5.32 Å². The lowest BCUT2D eigenvalue weighted by Gasteiger charge is -2.28. The molecule has 2 fully saturated rings. The van der Waals surface area contributed by atoms with Gasteiger partial charge >= 0.3 is 0 Å². The van der Waals surface area contributed by atoms with Gasteiger partial charge in [0.2, 0.25) is 5.88 Å². The lowest BCUT2D eigenvalue weighted by Crippen LogP contribution is -2.34. The maximum atomic E-state index is 13.3. The van der Waals surface area contributed by atoms with Crippen LogP contribution in [0, 0.1) is 18.8 Å². The van der Waals surface area contributed by atoms with Crippen molar-refractivity contribution in [3.05, 3.63) is 4.88 Å². The van der Waals surface area contributed by atoms with E-state index in [2.05, 4.69) is 10.3 Å². The first-order valence-electron chi connectivity index (χ1n) is 5.76. The van der Waals surface area contributed by atoms with E-state index in [1.54, 1.807) is 6.92 Å². The first kappa shape index (κ1) is 11.2. The lowest BCUT2D eigenvalue weighted by atomic mass is 9.92. The lowest BCUT2D eigenvalue weighted by molar-refractivity contribution is -0.0531. The average Bonchev–Trinajstić information content (AvgIpc) is 2.81. The van der Waals surface area contributed by atoms with Crippen molar-refractivity contribution in [2.75, 3.05) is 5.32 Å². The zero-order chi connectivity index (χ0) is 12.2. The van der Waals surface area contributed by atoms with E-state index in [1.165, 1.54) is 11.3 Å². The SMILES string of the molecule is Cc1sc(NC2CC3CC2CC3(F)F)nc1O. The summed E-state index contributed by atoms with van der Waals surface area (Å²) >= 11 is 1.37. The number of hydrogen-bond acceptors (Lipinski definition) is 4. The van der Waals surface area contributed by atoms with Gasteiger partial charge in [0.25, 0.3) is 5.92 Å². The fraction of sp³-hybridized carbons (Fsp3) is 0.727. The van der Waals surface area contributed by atoms with Gasteiger partial charge in [0, 0.05) is 18.4 Å². The molecule has 17 heavy (non-hydrogen) atoms. The zero-order valence-electron chi connectivity index (χ0n) is 9.41. The zero-order valence-corrected chi connectivity index (χ0v) is 10.2. The number of halogens is 2. The van der Waals surface area contributed by atoms with Crippen LogP contribution in [-0.2, 0) is 0 Å². The van der Waals surface area contributed by atoms with Gasteiger partial charge in [0.1, 0.15) is 0 Å². The standard InChI is InChI=1S/C11H14F2N2OS/c1-5-9(16)15-10(17-5)14-8-3-7-2-6(8)4-11(7,12)13/h6-8,16H,2-4H2,1H3,(H,14,15). The predicted octanol–water partition coefficient (Wildman–Crippen LogP) is 3.00. The van der Waals surface area contributed by atoms with E-state index in [4.69, 9.17) is 0 Å². The molecule has 2 N–H and O–H groups in total. The molecule has 2 aliphatic rings. The topological polar surface area (TPSA) is 45.2 Å². The number of hydrogen-bond donors (Lipinski definition) is 2. The molecule has 2 aliphatic carbocycles. The highest BCUT2D eigenvalue weighted by molar-refractivity contribution is 7.15. The Bertz CT molecular complexity index is 429. The highest BCUT2D eigenvalue weighted by Gasteiger charge is 2.56. The van der Waals surface area contributed by atoms with Gasteiger partial charge in [-0.1, -0.05) is 11.3 Å². The summed E-state index contributed by atoms with van der Waals surface area (Å²) < 4.78 is 26.7. The van der Waals surface area contributed by atoms with E-state index < -0.39 is 11.8 Å². The minimum Gasteiger partial charge on any atom is -0.492 e. The van der Waals surface area contributed by atoms with Gasteiger partial charge in [-0.15, -0.1) is 0 Å². The van der Waals surface area contributed by atoms with Crippen molar-refractivity contribution < 1.29 is 13.9 Å². The van der Waals surface area contributed by atoms with Crippen molar-refractivity contribution in [3.8, 4) is 5.88 Å². The van der Waals surface area contributed by atoms with E-state index in [-0.39, 0.29) is 24.3 Å². The summed E-state index contributed by atoms with van der Waals surface area (Å²) in [6.45, 7) is 1.78. The van der Waals surface area contributed by atoms with E-state index in [0.29, 0.717) is 18.0 Å². The minimum atomic E-state index is -2.47. The molecule has 3 unspecified atom stereocenters. The van der Waals surface area contributed by atoms with Gasteiger partial charge < -0.3 is 10.4 Å². The van der Waals surface area contributed by atoms with Crippen LogP contribution in [-0.4, -0.2) is 22.1 Å². The second kappa shape index (κ2) is 3.54. The second-order valence-electron chi connectivity index (χ2n) is 5.04. The highest BCUT2D eigenvalue weighted by atomic mass is 32.1. The molecule has 0 aliphatic heterocycles. The van der Waals surface area contributed by atoms with Gasteiger partial charge in [-0.3, -0.25) is 0 Å². The van der Waals surface area contributed by atoms with Gasteiger partial charge in [-0.05, 0) is 25.7 Å². The van der Waals surface area contributed by atoms with Crippen LogP contribution in [0.25, 0.3) is 0 Å². The van der Waals surface area contributed by atoms with Crippen LogP contribution in [0.5, 0.6) is 5.88 Å². The summed E-state index contributed by atoms with van der Waals surface area (Å²) in [5.74, 6) is -2.86. The van der Waals surface area contributed by atoms with Gasteiger partial charge in [0.05, 0.1) is 4.88 Å². The van der Waals surface area contributed by atoms with E-state index in [0.717, 1.165) is 4.88 Å². The molecule has 3 atom stereocenters. The molecule has 0 saturated heterocycles. The van der Waals surface area contributed by atoms with E-state index in [9.17, 15) is 13.9 Å². The Kier molecular flexibility index (Phi) is 2.33. The Hall–Kier alpha value is -0.910. The van der Waals surface area contributed by atoms with Crippen molar-refractivity contribution in [1.29, 1.82) is 0 Å². The molecule has 6 heteroatoms. The van der Waals surface area contributed by atoms with Crippen molar-refractivity contribution in [3.63, 3.8) is 0 Å². The minimum absolute atomic E-state index is 0.00826. The van der Waals surface area contributed by atoms with Crippen LogP contribution in [0.4, 0.5) is 13.9 Å². The molecule has 1 aromatic heterocycles. The Morgan fingerprint density at radius 2 is 2.24 bits per heavy atom. The molecular weight excluding hydrogens is 246 g/mol. The number of fused-ring (bicyclic) bond motifs is 2. The van der Waals surface area contributed by atoms with Crippen LogP contribution in [0.15, 0.2) is 0 Å². The number of anilines is 1. The first-order chi connectivity index (χ1) is 7.95. The summed E-state index contributed by atoms with van der Waals surface area (Å²) in [4.78, 5) is 4.72. The fourth-order valence-corrected chi connectivity index (χ4v) is 3.77. The number of nitrogens with one attached hydrogen (secondary N) is 1. The molecule has 0 aromatic carbocycles. The molecule has 1 heterocycles. The van der Waals surface area contributed by atoms with Crippen LogP contribution >= 0.6 is 11.3 Å². The highest BCUT2D eigenvalue weighted by Crippen LogP contribution is 2.54. The fourth-order valence-electron chi connectivity index (χ4n) is 3.00. The van der Waals surface area contributed by atoms with Crippen molar-refractivity contribution >= 4 is 16.5 Å². The maximum Gasteiger partial charge on any atom is 0.251 e. The number of aromatic nitrogens is 1. The van der Waals surface area contributed by atoms with Crippen LogP contribution in [0.2, 0.25) is 0 Å². The Labute approximate surface area is 102 Å². The van der Waals surface area contributed by atoms with Crippen LogP contribution in [0.3, 0.4) is 0 Å². The summed E-state index contributed by atoms with van der Waals surface area (Å²) in [5.41, 5.74) is 0. The molecule has 1 aromatic rings. The third-order valence-corrected chi connectivity index (χ3v) is 4.80. The molecule has 3 nitrogen and oxygen atoms in total. The molecule has 0 spiro atoms. The van der Waals surface area contributed by atoms with Crippen LogP contribution in [0.1, 0.15) is 24.1 Å². The normalized spacial score (nSPS) is 34.2. The monoisotopic (exact) mass is 260 g/mol. The summed E-state index contributed by atoms with van der Waals surface area (Å²) in [5, 5.41) is 13.2. The molecular formula is C11H14F2N2OS. The molecule has 0 amide bonds. The number of nitrogens with zero attached hydrogens (tertiary/aromatic N) is 1. The van der Waals surface area contributed by atoms with Gasteiger partial charge in [0.15, 0.2) is 5.13 Å². The summed E-state index contributed by atoms with van der Waals surface area (Å²) in [7, 11) is 0. The first-order valence-corrected chi connectivity index (χ1v) is 6.58. The predicted molar refractivity (Wildman–Crippen MR) is 61.7 cm³/mol. The van der Waals surface area contributed by atoms with E-state index in [1.807, 2.05) is 0 Å². The Morgan fingerprint density at radius 1 is 1.47 bits per heavy atom. The third-order valence-electron chi connectivity index (χ3n) is 3.91. The summed E-state index contributed by atoms with van der Waals surface area (Å²) in [6, 6.07) is 0.0876. The smallest absolute Gasteiger partial charge is 0.251 e. The van der Waals surface area contributed by atoms with Gasteiger partial charge in [-0.2, -0.15) is 4.98 Å². The number of aryl methyl sites for hydroxylation is 1. The Balaban J connectivity index is 1.69. The number of rotatable bonds is 2. The van der Waals surface area contributed by atoms with Gasteiger partial charge in [-0.25, -0.2) is 8.78 Å². The quantitative estimate of drug-likeness (QED) is 0.859. The number of alkyl halides is 2.